The van der Waals surface area contributed by atoms with E-state index in [1.807, 2.05) is 36.4 Å². The smallest absolute Gasteiger partial charge is 0.146 e. The van der Waals surface area contributed by atoms with Crippen molar-refractivity contribution in [2.24, 2.45) is 0 Å². The van der Waals surface area contributed by atoms with E-state index in [2.05, 4.69) is 0 Å². The number of phenols is 1. The molecule has 0 spiro atoms. The molecule has 2 atom stereocenters. The lowest BCUT2D eigenvalue weighted by molar-refractivity contribution is -0.0323. The molecule has 0 aromatic heterocycles. The molecular weight excluding hydrogens is 403 g/mol. The highest BCUT2D eigenvalue weighted by Gasteiger charge is 2.40. The number of aliphatic hydroxyl groups excluding tert-OH is 1. The molecule has 0 unspecified atom stereocenters. The molecular formula is C23H25O4PS. The molecule has 3 N–H and O–H groups in total. The fourth-order valence-electron chi connectivity index (χ4n) is 3.12. The van der Waals surface area contributed by atoms with Gasteiger partial charge in [0.1, 0.15) is 12.9 Å². The van der Waals surface area contributed by atoms with Gasteiger partial charge in [-0.3, -0.25) is 0 Å². The number of rotatable bonds is 8. The third-order valence-corrected chi connectivity index (χ3v) is 9.29. The van der Waals surface area contributed by atoms with E-state index in [9.17, 15) is 19.9 Å². The minimum absolute atomic E-state index is 0.0642. The van der Waals surface area contributed by atoms with Gasteiger partial charge in [0.2, 0.25) is 0 Å². The molecule has 0 amide bonds. The maximum absolute atomic E-state index is 14.1. The lowest BCUT2D eigenvalue weighted by atomic mass is 10.0. The largest absolute Gasteiger partial charge is 0.508 e. The number of aliphatic hydroxyl groups is 2. The lowest BCUT2D eigenvalue weighted by Crippen LogP contribution is -2.46. The second-order valence-corrected chi connectivity index (χ2v) is 11.2. The number of hydrogen-bond donors (Lipinski definition) is 3. The second-order valence-electron chi connectivity index (χ2n) is 7.25. The Morgan fingerprint density at radius 2 is 1.38 bits per heavy atom. The Morgan fingerprint density at radius 1 is 0.897 bits per heavy atom. The molecule has 4 nitrogen and oxygen atoms in total. The van der Waals surface area contributed by atoms with Gasteiger partial charge in [0, 0.05) is 27.4 Å². The van der Waals surface area contributed by atoms with Crippen LogP contribution in [-0.4, -0.2) is 38.9 Å². The summed E-state index contributed by atoms with van der Waals surface area (Å²) in [4.78, 5) is 0.868. The summed E-state index contributed by atoms with van der Waals surface area (Å²) < 4.78 is 14.1. The summed E-state index contributed by atoms with van der Waals surface area (Å²) in [6, 6.07) is 24.9. The summed E-state index contributed by atoms with van der Waals surface area (Å²) in [6.07, 6.45) is -1.15. The van der Waals surface area contributed by atoms with Crippen LogP contribution in [0.1, 0.15) is 6.92 Å². The predicted octanol–water partition coefficient (Wildman–Crippen LogP) is 3.61. The van der Waals surface area contributed by atoms with Crippen LogP contribution in [0.3, 0.4) is 0 Å². The predicted molar refractivity (Wildman–Crippen MR) is 120 cm³/mol. The van der Waals surface area contributed by atoms with Crippen molar-refractivity contribution in [1.29, 1.82) is 0 Å². The number of phenolic OH excluding ortho intramolecular Hbond substituents is 1. The van der Waals surface area contributed by atoms with Crippen molar-refractivity contribution in [2.75, 3.05) is 11.9 Å². The zero-order chi connectivity index (χ0) is 20.9. The average molecular weight is 428 g/mol. The first kappa shape index (κ1) is 21.7. The van der Waals surface area contributed by atoms with Crippen LogP contribution in [0.25, 0.3) is 0 Å². The molecule has 0 saturated heterocycles. The van der Waals surface area contributed by atoms with Gasteiger partial charge >= 0.3 is 0 Å². The van der Waals surface area contributed by atoms with E-state index in [0.29, 0.717) is 10.6 Å². The number of hydrogen-bond acceptors (Lipinski definition) is 5. The third kappa shape index (κ3) is 5.31. The molecule has 6 heteroatoms. The van der Waals surface area contributed by atoms with Crippen LogP contribution in [0.2, 0.25) is 0 Å². The molecule has 0 radical (unpaired) electrons. The van der Waals surface area contributed by atoms with E-state index in [1.54, 1.807) is 48.5 Å². The molecule has 0 aliphatic rings. The fourth-order valence-corrected chi connectivity index (χ4v) is 7.24. The first-order valence-corrected chi connectivity index (χ1v) is 12.2. The molecule has 0 aliphatic carbocycles. The van der Waals surface area contributed by atoms with Gasteiger partial charge in [-0.05, 0) is 31.2 Å². The van der Waals surface area contributed by atoms with E-state index in [4.69, 9.17) is 0 Å². The maximum Gasteiger partial charge on any atom is 0.146 e. The summed E-state index contributed by atoms with van der Waals surface area (Å²) in [6.45, 7) is 1.54. The molecule has 3 rings (SSSR count). The lowest BCUT2D eigenvalue weighted by Gasteiger charge is -2.33. The quantitative estimate of drug-likeness (QED) is 0.377. The maximum atomic E-state index is 14.1. The summed E-state index contributed by atoms with van der Waals surface area (Å²) in [7, 11) is -3.15. The standard InChI is InChI=1S/C23H25O4PS/c1-23(26,22(25)16-29-21-14-12-18(24)13-15-21)17-28(27,19-8-4-2-5-9-19)20-10-6-3-7-11-20/h2-15,22,24-26H,16-17H2,1H3/t22-,23-/m0/s1. The van der Waals surface area contributed by atoms with Gasteiger partial charge in [-0.1, -0.05) is 60.7 Å². The highest BCUT2D eigenvalue weighted by Crippen LogP contribution is 2.47. The van der Waals surface area contributed by atoms with Crippen LogP contribution < -0.4 is 10.6 Å². The minimum Gasteiger partial charge on any atom is -0.508 e. The van der Waals surface area contributed by atoms with E-state index in [0.717, 1.165) is 4.90 Å². The molecule has 0 saturated carbocycles. The number of aromatic hydroxyl groups is 1. The fraction of sp³-hybridized carbons (Fsp3) is 0.217. The van der Waals surface area contributed by atoms with Crippen LogP contribution in [0.4, 0.5) is 0 Å². The Morgan fingerprint density at radius 3 is 1.86 bits per heavy atom. The van der Waals surface area contributed by atoms with Crippen molar-refractivity contribution in [1.82, 2.24) is 0 Å². The first-order chi connectivity index (χ1) is 13.8. The van der Waals surface area contributed by atoms with Gasteiger partial charge in [-0.15, -0.1) is 11.8 Å². The normalized spacial score (nSPS) is 14.9. The molecule has 3 aromatic rings. The van der Waals surface area contributed by atoms with E-state index >= 15 is 0 Å². The monoisotopic (exact) mass is 428 g/mol. The SMILES string of the molecule is C[C@](O)(CP(=O)(c1ccccc1)c1ccccc1)[C@@H](O)CSc1ccc(O)cc1. The number of thioether (sulfide) groups is 1. The van der Waals surface area contributed by atoms with Crippen molar-refractivity contribution >= 4 is 29.5 Å². The Balaban J connectivity index is 1.82. The zero-order valence-corrected chi connectivity index (χ0v) is 17.9. The molecule has 3 aromatic carbocycles. The minimum atomic E-state index is -3.15. The molecule has 152 valence electrons. The summed E-state index contributed by atoms with van der Waals surface area (Å²) >= 11 is 1.37. The Bertz CT molecular complexity index is 916. The zero-order valence-electron chi connectivity index (χ0n) is 16.2. The van der Waals surface area contributed by atoms with Crippen LogP contribution in [0.15, 0.2) is 89.8 Å². The molecule has 0 fully saturated rings. The molecule has 0 bridgehead atoms. The van der Waals surface area contributed by atoms with Gasteiger partial charge in [0.25, 0.3) is 0 Å². The summed E-state index contributed by atoms with van der Waals surface area (Å²) in [5, 5.41) is 32.5. The van der Waals surface area contributed by atoms with Crippen molar-refractivity contribution in [3.63, 3.8) is 0 Å². The average Bonchev–Trinajstić information content (AvgIpc) is 2.74. The second kappa shape index (κ2) is 9.19. The summed E-state index contributed by atoms with van der Waals surface area (Å²) in [5.74, 6) is 0.412. The topological polar surface area (TPSA) is 77.8 Å². The Hall–Kier alpha value is -2.04. The van der Waals surface area contributed by atoms with Gasteiger partial charge in [-0.25, -0.2) is 0 Å². The van der Waals surface area contributed by atoms with Crippen molar-refractivity contribution in [3.05, 3.63) is 84.9 Å². The van der Waals surface area contributed by atoms with Crippen LogP contribution in [0.5, 0.6) is 5.75 Å². The van der Waals surface area contributed by atoms with Gasteiger partial charge < -0.3 is 19.9 Å². The van der Waals surface area contributed by atoms with Crippen molar-refractivity contribution in [3.8, 4) is 5.75 Å². The first-order valence-electron chi connectivity index (χ1n) is 9.34. The molecule has 0 aliphatic heterocycles. The summed E-state index contributed by atoms with van der Waals surface area (Å²) in [5.41, 5.74) is -1.55. The van der Waals surface area contributed by atoms with Crippen LogP contribution >= 0.6 is 18.9 Å². The van der Waals surface area contributed by atoms with E-state index < -0.39 is 18.8 Å². The molecule has 0 heterocycles. The van der Waals surface area contributed by atoms with Crippen molar-refractivity contribution in [2.45, 2.75) is 23.5 Å². The van der Waals surface area contributed by atoms with Gasteiger partial charge in [0.05, 0.1) is 11.7 Å². The van der Waals surface area contributed by atoms with E-state index in [-0.39, 0.29) is 17.7 Å². The Labute approximate surface area is 175 Å². The third-order valence-electron chi connectivity index (χ3n) is 4.85. The van der Waals surface area contributed by atoms with Crippen LogP contribution in [-0.2, 0) is 4.57 Å². The highest BCUT2D eigenvalue weighted by molar-refractivity contribution is 7.99. The van der Waals surface area contributed by atoms with Gasteiger partial charge in [0.15, 0.2) is 0 Å². The van der Waals surface area contributed by atoms with Crippen molar-refractivity contribution < 1.29 is 19.9 Å². The Kier molecular flexibility index (Phi) is 6.86. The highest BCUT2D eigenvalue weighted by atomic mass is 32.2. The van der Waals surface area contributed by atoms with Crippen LogP contribution in [0, 0.1) is 0 Å². The molecule has 29 heavy (non-hydrogen) atoms. The number of benzene rings is 3. The van der Waals surface area contributed by atoms with Gasteiger partial charge in [-0.2, -0.15) is 0 Å². The van der Waals surface area contributed by atoms with E-state index in [1.165, 1.54) is 18.7 Å².